The van der Waals surface area contributed by atoms with Gasteiger partial charge in [-0.15, -0.1) is 0 Å². The van der Waals surface area contributed by atoms with Gasteiger partial charge in [-0.1, -0.05) is 11.6 Å². The Bertz CT molecular complexity index is 1740. The highest BCUT2D eigenvalue weighted by atomic mass is 35.5. The molecule has 0 amide bonds. The first-order chi connectivity index (χ1) is 18.9. The molecule has 3 heterocycles. The molecule has 2 aromatic carbocycles. The van der Waals surface area contributed by atoms with E-state index in [1.165, 1.54) is 66.3 Å². The lowest BCUT2D eigenvalue weighted by atomic mass is 10.2. The molecule has 0 bridgehead atoms. The van der Waals surface area contributed by atoms with Crippen molar-refractivity contribution in [3.05, 3.63) is 112 Å². The van der Waals surface area contributed by atoms with E-state index in [0.29, 0.717) is 16.8 Å². The maximum absolute atomic E-state index is 14.9. The molecule has 0 aliphatic heterocycles. The van der Waals surface area contributed by atoms with Crippen LogP contribution in [0.25, 0.3) is 16.5 Å². The van der Waals surface area contributed by atoms with Crippen LogP contribution in [0.3, 0.4) is 0 Å². The van der Waals surface area contributed by atoms with Gasteiger partial charge in [0, 0.05) is 42.1 Å². The van der Waals surface area contributed by atoms with E-state index in [1.54, 1.807) is 24.4 Å². The molecule has 0 saturated heterocycles. The van der Waals surface area contributed by atoms with Gasteiger partial charge in [0.25, 0.3) is 5.56 Å². The molecule has 5 rings (SSSR count). The number of pyridine rings is 3. The Hall–Kier alpha value is -4.88. The van der Waals surface area contributed by atoms with Crippen molar-refractivity contribution >= 4 is 33.9 Å². The number of aromatic nitrogens is 3. The van der Waals surface area contributed by atoms with Crippen molar-refractivity contribution in [1.29, 1.82) is 5.26 Å². The zero-order valence-corrected chi connectivity index (χ0v) is 21.1. The summed E-state index contributed by atoms with van der Waals surface area (Å²) < 4.78 is 45.4. The topological polar surface area (TPSA) is 92.8 Å². The predicted octanol–water partition coefficient (Wildman–Crippen LogP) is 7.10. The molecule has 0 atom stereocenters. The van der Waals surface area contributed by atoms with Crippen LogP contribution in [0, 0.1) is 23.0 Å². The largest absolute Gasteiger partial charge is 0.453 e. The maximum Gasteiger partial charge on any atom is 0.266 e. The Labute approximate surface area is 225 Å². The fourth-order valence-corrected chi connectivity index (χ4v) is 3.78. The van der Waals surface area contributed by atoms with Crippen LogP contribution in [-0.4, -0.2) is 21.2 Å². The summed E-state index contributed by atoms with van der Waals surface area (Å²) in [6.45, 7) is 1.21. The van der Waals surface area contributed by atoms with Crippen LogP contribution < -0.4 is 15.6 Å². The normalized spacial score (nSPS) is 10.4. The van der Waals surface area contributed by atoms with Crippen LogP contribution in [0.4, 0.5) is 24.7 Å². The van der Waals surface area contributed by atoms with Gasteiger partial charge in [-0.2, -0.15) is 5.26 Å². The summed E-state index contributed by atoms with van der Waals surface area (Å²) in [7, 11) is 0. The van der Waals surface area contributed by atoms with E-state index in [9.17, 15) is 18.0 Å². The third-order valence-corrected chi connectivity index (χ3v) is 5.66. The molecule has 196 valence electrons. The SMILES string of the molecule is CCF.N#Cc1nccc(Oc2ccc(Nc3nccc4ccn(-c5ccc(F)cc5)c(=O)c34)cc2F)c1Cl. The lowest BCUT2D eigenvalue weighted by Gasteiger charge is -2.13. The van der Waals surface area contributed by atoms with Gasteiger partial charge in [0.2, 0.25) is 0 Å². The Balaban J connectivity index is 0.00000112. The van der Waals surface area contributed by atoms with Crippen molar-refractivity contribution in [2.45, 2.75) is 6.92 Å². The van der Waals surface area contributed by atoms with Crippen molar-refractivity contribution in [2.24, 2.45) is 0 Å². The highest BCUT2D eigenvalue weighted by Crippen LogP contribution is 2.33. The van der Waals surface area contributed by atoms with E-state index in [2.05, 4.69) is 15.3 Å². The number of hydrogen-bond acceptors (Lipinski definition) is 6. The van der Waals surface area contributed by atoms with Crippen LogP contribution in [0.2, 0.25) is 5.02 Å². The van der Waals surface area contributed by atoms with Gasteiger partial charge in [0.1, 0.15) is 22.7 Å². The number of nitrogens with one attached hydrogen (secondary N) is 1. The summed E-state index contributed by atoms with van der Waals surface area (Å²) >= 11 is 6.08. The molecule has 0 saturated carbocycles. The smallest absolute Gasteiger partial charge is 0.266 e. The van der Waals surface area contributed by atoms with Crippen LogP contribution in [0.15, 0.2) is 84.0 Å². The molecular weight excluding hydrogens is 531 g/mol. The molecule has 3 aromatic heterocycles. The second kappa shape index (κ2) is 12.1. The van der Waals surface area contributed by atoms with Crippen molar-refractivity contribution in [3.8, 4) is 23.3 Å². The average Bonchev–Trinajstić information content (AvgIpc) is 2.93. The lowest BCUT2D eigenvalue weighted by Crippen LogP contribution is -2.19. The zero-order valence-electron chi connectivity index (χ0n) is 20.3. The van der Waals surface area contributed by atoms with Crippen LogP contribution in [0.1, 0.15) is 12.6 Å². The lowest BCUT2D eigenvalue weighted by molar-refractivity contribution is 0.442. The summed E-state index contributed by atoms with van der Waals surface area (Å²) in [5.41, 5.74) is 0.381. The summed E-state index contributed by atoms with van der Waals surface area (Å²) in [4.78, 5) is 21.4. The van der Waals surface area contributed by atoms with Gasteiger partial charge in [0.05, 0.1) is 12.1 Å². The zero-order chi connectivity index (χ0) is 27.9. The van der Waals surface area contributed by atoms with Crippen molar-refractivity contribution < 1.29 is 17.9 Å². The number of rotatable bonds is 5. The van der Waals surface area contributed by atoms with E-state index in [4.69, 9.17) is 21.6 Å². The minimum atomic E-state index is -0.713. The van der Waals surface area contributed by atoms with Crippen LogP contribution in [0.5, 0.6) is 11.5 Å². The van der Waals surface area contributed by atoms with Crippen molar-refractivity contribution in [1.82, 2.24) is 14.5 Å². The molecule has 0 fully saturated rings. The van der Waals surface area contributed by atoms with Crippen molar-refractivity contribution in [3.63, 3.8) is 0 Å². The highest BCUT2D eigenvalue weighted by molar-refractivity contribution is 6.33. The fraction of sp³-hybridized carbons (Fsp3) is 0.0714. The van der Waals surface area contributed by atoms with Gasteiger partial charge in [-0.3, -0.25) is 13.8 Å². The molecular formula is C28H19ClF3N5O2. The number of ether oxygens (including phenoxy) is 1. The summed E-state index contributed by atoms with van der Waals surface area (Å²) in [6.07, 6.45) is 4.45. The minimum absolute atomic E-state index is 0.0287. The molecule has 0 spiro atoms. The fourth-order valence-electron chi connectivity index (χ4n) is 3.58. The summed E-state index contributed by atoms with van der Waals surface area (Å²) in [5, 5.41) is 12.9. The standard InChI is InChI=1S/C26H14ClF2N5O2.C2H5F/c27-24-20(14-30)31-11-8-22(24)36-21-6-3-17(13-19(21)29)33-25-23-15(7-10-32-25)9-12-34(26(23)35)18-4-1-16(28)2-5-18;1-2-3/h1-13H,(H,32,33);2H2,1H3. The Kier molecular flexibility index (Phi) is 8.43. The first-order valence-electron chi connectivity index (χ1n) is 11.5. The monoisotopic (exact) mass is 549 g/mol. The van der Waals surface area contributed by atoms with Gasteiger partial charge in [0.15, 0.2) is 23.0 Å². The van der Waals surface area contributed by atoms with Crippen LogP contribution in [-0.2, 0) is 0 Å². The second-order valence-electron chi connectivity index (χ2n) is 7.81. The number of nitrogens with zero attached hydrogens (tertiary/aromatic N) is 4. The first kappa shape index (κ1) is 27.2. The molecule has 1 N–H and O–H groups in total. The van der Waals surface area contributed by atoms with Gasteiger partial charge >= 0.3 is 0 Å². The Morgan fingerprint density at radius 1 is 1.03 bits per heavy atom. The van der Waals surface area contributed by atoms with E-state index in [-0.39, 0.29) is 45.7 Å². The number of hydrogen-bond donors (Lipinski definition) is 1. The second-order valence-corrected chi connectivity index (χ2v) is 8.19. The number of anilines is 2. The number of halogens is 4. The van der Waals surface area contributed by atoms with Crippen molar-refractivity contribution in [2.75, 3.05) is 12.0 Å². The predicted molar refractivity (Wildman–Crippen MR) is 143 cm³/mol. The van der Waals surface area contributed by atoms with Gasteiger partial charge < -0.3 is 10.1 Å². The van der Waals surface area contributed by atoms with Gasteiger partial charge in [-0.05, 0) is 60.8 Å². The number of alkyl halides is 1. The van der Waals surface area contributed by atoms with Gasteiger partial charge in [-0.25, -0.2) is 18.7 Å². The molecule has 0 aliphatic rings. The van der Waals surface area contributed by atoms with E-state index >= 15 is 0 Å². The number of nitriles is 1. The van der Waals surface area contributed by atoms with E-state index < -0.39 is 11.6 Å². The molecule has 0 unspecified atom stereocenters. The van der Waals surface area contributed by atoms with Crippen LogP contribution >= 0.6 is 11.6 Å². The highest BCUT2D eigenvalue weighted by Gasteiger charge is 2.14. The van der Waals surface area contributed by atoms with E-state index in [1.807, 2.05) is 6.07 Å². The first-order valence-corrected chi connectivity index (χ1v) is 11.8. The van der Waals surface area contributed by atoms with E-state index in [0.717, 1.165) is 0 Å². The Morgan fingerprint density at radius 2 is 1.74 bits per heavy atom. The molecule has 0 aliphatic carbocycles. The molecule has 39 heavy (non-hydrogen) atoms. The number of fused-ring (bicyclic) bond motifs is 1. The average molecular weight is 550 g/mol. The molecule has 7 nitrogen and oxygen atoms in total. The summed E-state index contributed by atoms with van der Waals surface area (Å²) in [6, 6.07) is 16.3. The molecule has 5 aromatic rings. The molecule has 0 radical (unpaired) electrons. The summed E-state index contributed by atoms with van der Waals surface area (Å²) in [5.74, 6) is -0.946. The quantitative estimate of drug-likeness (QED) is 0.251. The third kappa shape index (κ3) is 6.00. The Morgan fingerprint density at radius 3 is 2.44 bits per heavy atom. The third-order valence-electron chi connectivity index (χ3n) is 5.30. The number of benzene rings is 2. The molecule has 11 heteroatoms. The minimum Gasteiger partial charge on any atom is -0.453 e. The maximum atomic E-state index is 14.9.